The van der Waals surface area contributed by atoms with Crippen LogP contribution in [-0.2, 0) is 26.1 Å². The van der Waals surface area contributed by atoms with Gasteiger partial charge in [0.05, 0.1) is 13.0 Å². The van der Waals surface area contributed by atoms with Crippen LogP contribution in [-0.4, -0.2) is 36.8 Å². The van der Waals surface area contributed by atoms with Crippen molar-refractivity contribution >= 4 is 16.0 Å². The maximum absolute atomic E-state index is 14.0. The Bertz CT molecular complexity index is 1350. The van der Waals surface area contributed by atoms with Crippen LogP contribution in [0.1, 0.15) is 18.9 Å². The van der Waals surface area contributed by atoms with Gasteiger partial charge in [0.1, 0.15) is 0 Å². The van der Waals surface area contributed by atoms with Crippen molar-refractivity contribution < 1.29 is 22.4 Å². The molecule has 0 radical (unpaired) electrons. The topological polar surface area (TPSA) is 89.7 Å². The predicted molar refractivity (Wildman–Crippen MR) is 133 cm³/mol. The zero-order valence-electron chi connectivity index (χ0n) is 19.3. The first-order valence-electron chi connectivity index (χ1n) is 11.3. The molecule has 0 fully saturated rings. The van der Waals surface area contributed by atoms with Gasteiger partial charge in [-0.15, -0.1) is 0 Å². The fraction of sp³-hybridized carbons (Fsp3) is 0.185. The third-order valence-electron chi connectivity index (χ3n) is 5.31. The minimum absolute atomic E-state index is 0.0577. The molecular weight excluding hydrogens is 464 g/mol. The molecule has 0 unspecified atom stereocenters. The van der Waals surface area contributed by atoms with Crippen molar-refractivity contribution in [1.29, 1.82) is 0 Å². The Morgan fingerprint density at radius 3 is 2.06 bits per heavy atom. The summed E-state index contributed by atoms with van der Waals surface area (Å²) in [4.78, 5) is 16.5. The molecule has 8 heteroatoms. The fourth-order valence-electron chi connectivity index (χ4n) is 3.60. The summed E-state index contributed by atoms with van der Waals surface area (Å²) in [6.07, 6.45) is -0.0794. The number of oxazole rings is 1. The third-order valence-corrected chi connectivity index (χ3v) is 7.07. The molecule has 0 spiro atoms. The van der Waals surface area contributed by atoms with Crippen molar-refractivity contribution in [3.8, 4) is 22.8 Å². The molecular formula is C27H26N2O5S. The summed E-state index contributed by atoms with van der Waals surface area (Å²) in [6.45, 7) is 1.96. The summed E-state index contributed by atoms with van der Waals surface area (Å²) in [6, 6.07) is 27.3. The van der Waals surface area contributed by atoms with E-state index >= 15 is 0 Å². The lowest BCUT2D eigenvalue weighted by Gasteiger charge is -2.21. The molecule has 0 aliphatic carbocycles. The number of ether oxygens (including phenoxy) is 1. The van der Waals surface area contributed by atoms with Crippen molar-refractivity contribution in [3.05, 3.63) is 96.6 Å². The number of hydrogen-bond donors (Lipinski definition) is 0. The number of esters is 1. The number of sulfonamides is 1. The molecule has 0 atom stereocenters. The molecule has 0 bridgehead atoms. The quantitative estimate of drug-likeness (QED) is 0.286. The van der Waals surface area contributed by atoms with Crippen LogP contribution in [0.3, 0.4) is 0 Å². The highest BCUT2D eigenvalue weighted by molar-refractivity contribution is 7.89. The largest absolute Gasteiger partial charge is 0.466 e. The average molecular weight is 491 g/mol. The normalized spacial score (nSPS) is 11.5. The molecule has 1 heterocycles. The number of nitrogens with zero attached hydrogens (tertiary/aromatic N) is 2. The van der Waals surface area contributed by atoms with Gasteiger partial charge in [0.2, 0.25) is 10.9 Å². The van der Waals surface area contributed by atoms with Gasteiger partial charge < -0.3 is 9.15 Å². The monoisotopic (exact) mass is 490 g/mol. The first-order valence-corrected chi connectivity index (χ1v) is 12.7. The van der Waals surface area contributed by atoms with E-state index in [1.807, 2.05) is 54.6 Å². The summed E-state index contributed by atoms with van der Waals surface area (Å²) in [5.74, 6) is -0.110. The van der Waals surface area contributed by atoms with Gasteiger partial charge in [-0.3, -0.25) is 4.79 Å². The Hall–Kier alpha value is -3.75. The van der Waals surface area contributed by atoms with Crippen LogP contribution in [0.2, 0.25) is 0 Å². The van der Waals surface area contributed by atoms with Crippen molar-refractivity contribution in [3.63, 3.8) is 0 Å². The second-order valence-electron chi connectivity index (χ2n) is 7.76. The third kappa shape index (κ3) is 5.85. The first kappa shape index (κ1) is 24.4. The van der Waals surface area contributed by atoms with Crippen LogP contribution >= 0.6 is 0 Å². The zero-order valence-corrected chi connectivity index (χ0v) is 20.1. The molecule has 1 aromatic heterocycles. The van der Waals surface area contributed by atoms with E-state index in [0.29, 0.717) is 11.1 Å². The Kier molecular flexibility index (Phi) is 7.74. The molecule has 7 nitrogen and oxygen atoms in total. The molecule has 4 rings (SSSR count). The second kappa shape index (κ2) is 11.1. The van der Waals surface area contributed by atoms with Crippen molar-refractivity contribution in [2.24, 2.45) is 0 Å². The van der Waals surface area contributed by atoms with Gasteiger partial charge in [0.15, 0.2) is 5.76 Å². The Morgan fingerprint density at radius 2 is 1.46 bits per heavy atom. The van der Waals surface area contributed by atoms with E-state index in [-0.39, 0.29) is 42.8 Å². The maximum Gasteiger partial charge on any atom is 0.307 e. The van der Waals surface area contributed by atoms with Crippen molar-refractivity contribution in [2.45, 2.75) is 24.9 Å². The van der Waals surface area contributed by atoms with Crippen LogP contribution in [0, 0.1) is 0 Å². The first-order chi connectivity index (χ1) is 17.0. The average Bonchev–Trinajstić information content (AvgIpc) is 3.35. The predicted octanol–water partition coefficient (Wildman–Crippen LogP) is 5.15. The highest BCUT2D eigenvalue weighted by atomic mass is 32.2. The molecule has 0 saturated carbocycles. The molecule has 0 aliphatic heterocycles. The van der Waals surface area contributed by atoms with E-state index in [4.69, 9.17) is 9.15 Å². The number of benzene rings is 3. The minimum Gasteiger partial charge on any atom is -0.466 e. The van der Waals surface area contributed by atoms with E-state index in [1.165, 1.54) is 4.31 Å². The maximum atomic E-state index is 14.0. The van der Waals surface area contributed by atoms with Gasteiger partial charge >= 0.3 is 5.97 Å². The standard InChI is InChI=1S/C27H26N2O5S/c1-2-33-24(30)18-19-29(20-21-12-6-3-7-13-21)35(31,32)27-25(22-14-8-4-9-15-22)34-26(28-27)23-16-10-5-11-17-23/h3-17H,2,18-20H2,1H3. The summed E-state index contributed by atoms with van der Waals surface area (Å²) in [7, 11) is -4.16. The molecule has 3 aromatic carbocycles. The van der Waals surface area contributed by atoms with Gasteiger partial charge in [-0.1, -0.05) is 78.9 Å². The van der Waals surface area contributed by atoms with E-state index in [0.717, 1.165) is 5.56 Å². The molecule has 4 aromatic rings. The number of carbonyl (C=O) groups excluding carboxylic acids is 1. The lowest BCUT2D eigenvalue weighted by atomic mass is 10.2. The molecule has 0 amide bonds. The summed E-state index contributed by atoms with van der Waals surface area (Å²) in [5.41, 5.74) is 2.03. The molecule has 35 heavy (non-hydrogen) atoms. The van der Waals surface area contributed by atoms with Crippen molar-refractivity contribution in [1.82, 2.24) is 9.29 Å². The van der Waals surface area contributed by atoms with Gasteiger partial charge in [-0.25, -0.2) is 8.42 Å². The van der Waals surface area contributed by atoms with Gasteiger partial charge in [-0.2, -0.15) is 9.29 Å². The SMILES string of the molecule is CCOC(=O)CCN(Cc1ccccc1)S(=O)(=O)c1nc(-c2ccccc2)oc1-c1ccccc1. The van der Waals surface area contributed by atoms with E-state index in [1.54, 1.807) is 43.3 Å². The minimum atomic E-state index is -4.16. The molecule has 0 N–H and O–H groups in total. The van der Waals surface area contributed by atoms with E-state index < -0.39 is 16.0 Å². The summed E-state index contributed by atoms with van der Waals surface area (Å²) >= 11 is 0. The molecule has 0 saturated heterocycles. The van der Waals surface area contributed by atoms with E-state index in [9.17, 15) is 13.2 Å². The van der Waals surface area contributed by atoms with Crippen molar-refractivity contribution in [2.75, 3.05) is 13.2 Å². The molecule has 180 valence electrons. The van der Waals surface area contributed by atoms with Gasteiger partial charge in [0.25, 0.3) is 10.0 Å². The Balaban J connectivity index is 1.78. The van der Waals surface area contributed by atoms with Crippen LogP contribution in [0.4, 0.5) is 0 Å². The number of hydrogen-bond acceptors (Lipinski definition) is 6. The number of aromatic nitrogens is 1. The Labute approximate surface area is 205 Å². The van der Waals surface area contributed by atoms with E-state index in [2.05, 4.69) is 4.98 Å². The Morgan fingerprint density at radius 1 is 0.886 bits per heavy atom. The number of rotatable bonds is 10. The zero-order chi connectivity index (χ0) is 24.7. The lowest BCUT2D eigenvalue weighted by molar-refractivity contribution is -0.143. The fourth-order valence-corrected chi connectivity index (χ4v) is 5.09. The van der Waals surface area contributed by atoms with Gasteiger partial charge in [0, 0.05) is 24.2 Å². The highest BCUT2D eigenvalue weighted by Crippen LogP contribution is 2.34. The van der Waals surface area contributed by atoms with Gasteiger partial charge in [-0.05, 0) is 24.6 Å². The van der Waals surface area contributed by atoms with Crippen LogP contribution in [0.25, 0.3) is 22.8 Å². The van der Waals surface area contributed by atoms with Crippen LogP contribution < -0.4 is 0 Å². The van der Waals surface area contributed by atoms with Crippen LogP contribution in [0.15, 0.2) is 100 Å². The summed E-state index contributed by atoms with van der Waals surface area (Å²) in [5, 5.41) is -0.192. The highest BCUT2D eigenvalue weighted by Gasteiger charge is 2.33. The summed E-state index contributed by atoms with van der Waals surface area (Å²) < 4.78 is 40.3. The molecule has 0 aliphatic rings. The van der Waals surface area contributed by atoms with Crippen LogP contribution in [0.5, 0.6) is 0 Å². The smallest absolute Gasteiger partial charge is 0.307 e. The number of carbonyl (C=O) groups is 1. The second-order valence-corrected chi connectivity index (χ2v) is 9.62. The lowest BCUT2D eigenvalue weighted by Crippen LogP contribution is -2.33.